The minimum absolute atomic E-state index is 0.113. The van der Waals surface area contributed by atoms with Crippen LogP contribution in [-0.2, 0) is 12.7 Å². The molecule has 0 aliphatic heterocycles. The molecule has 108 valence electrons. The van der Waals surface area contributed by atoms with Crippen molar-refractivity contribution in [3.05, 3.63) is 59.7 Å². The van der Waals surface area contributed by atoms with Gasteiger partial charge in [0, 0.05) is 11.9 Å². The van der Waals surface area contributed by atoms with E-state index < -0.39 is 11.7 Å². The van der Waals surface area contributed by atoms with Crippen molar-refractivity contribution in [2.24, 2.45) is 0 Å². The SMILES string of the molecule is FC(F)(F)c1ccccc1CNc1snc2ccccc12. The normalized spacial score (nSPS) is 11.8. The van der Waals surface area contributed by atoms with E-state index in [2.05, 4.69) is 9.69 Å². The van der Waals surface area contributed by atoms with Gasteiger partial charge in [0.2, 0.25) is 0 Å². The zero-order valence-corrected chi connectivity index (χ0v) is 11.6. The van der Waals surface area contributed by atoms with Crippen LogP contribution in [0, 0.1) is 0 Å². The summed E-state index contributed by atoms with van der Waals surface area (Å²) in [5.74, 6) is 0. The van der Waals surface area contributed by atoms with Crippen LogP contribution in [0.5, 0.6) is 0 Å². The van der Waals surface area contributed by atoms with Gasteiger partial charge in [0.05, 0.1) is 11.1 Å². The molecule has 0 aliphatic rings. The van der Waals surface area contributed by atoms with Crippen LogP contribution in [0.15, 0.2) is 48.5 Å². The van der Waals surface area contributed by atoms with E-state index in [1.54, 1.807) is 6.07 Å². The molecule has 1 heterocycles. The lowest BCUT2D eigenvalue weighted by Gasteiger charge is -2.13. The molecule has 0 spiro atoms. The average Bonchev–Trinajstić information content (AvgIpc) is 2.88. The molecular formula is C15H11F3N2S. The predicted octanol–water partition coefficient (Wildman–Crippen LogP) is 4.93. The van der Waals surface area contributed by atoms with Crippen molar-refractivity contribution in [3.63, 3.8) is 0 Å². The standard InChI is InChI=1S/C15H11F3N2S/c16-15(17,18)12-7-3-1-5-10(12)9-19-14-11-6-2-4-8-13(11)20-21-14/h1-8,19H,9H2. The molecule has 0 amide bonds. The fourth-order valence-electron chi connectivity index (χ4n) is 2.14. The number of fused-ring (bicyclic) bond motifs is 1. The molecule has 1 aromatic heterocycles. The summed E-state index contributed by atoms with van der Waals surface area (Å²) in [6.07, 6.45) is -4.34. The summed E-state index contributed by atoms with van der Waals surface area (Å²) >= 11 is 1.25. The van der Waals surface area contributed by atoms with Gasteiger partial charge in [-0.25, -0.2) is 0 Å². The Bertz CT molecular complexity index is 765. The summed E-state index contributed by atoms with van der Waals surface area (Å²) in [6.45, 7) is 0.113. The van der Waals surface area contributed by atoms with Crippen molar-refractivity contribution < 1.29 is 13.2 Å². The number of nitrogens with one attached hydrogen (secondary N) is 1. The number of hydrogen-bond acceptors (Lipinski definition) is 3. The van der Waals surface area contributed by atoms with E-state index in [1.807, 2.05) is 24.3 Å². The highest BCUT2D eigenvalue weighted by Gasteiger charge is 2.32. The Hall–Kier alpha value is -2.08. The van der Waals surface area contributed by atoms with Gasteiger partial charge < -0.3 is 5.32 Å². The van der Waals surface area contributed by atoms with E-state index in [1.165, 1.54) is 23.7 Å². The highest BCUT2D eigenvalue weighted by molar-refractivity contribution is 7.11. The van der Waals surface area contributed by atoms with Crippen LogP contribution in [-0.4, -0.2) is 4.37 Å². The number of halogens is 3. The third kappa shape index (κ3) is 2.85. The van der Waals surface area contributed by atoms with Gasteiger partial charge in [0.15, 0.2) is 0 Å². The van der Waals surface area contributed by atoms with Crippen molar-refractivity contribution >= 4 is 27.4 Å². The number of benzene rings is 2. The second-order valence-electron chi connectivity index (χ2n) is 4.54. The van der Waals surface area contributed by atoms with E-state index >= 15 is 0 Å². The monoisotopic (exact) mass is 308 g/mol. The smallest absolute Gasteiger partial charge is 0.371 e. The second kappa shape index (κ2) is 5.37. The van der Waals surface area contributed by atoms with Gasteiger partial charge in [-0.2, -0.15) is 17.5 Å². The van der Waals surface area contributed by atoms with Gasteiger partial charge in [0.25, 0.3) is 0 Å². The largest absolute Gasteiger partial charge is 0.416 e. The van der Waals surface area contributed by atoms with E-state index in [4.69, 9.17) is 0 Å². The molecule has 0 saturated heterocycles. The third-order valence-corrected chi connectivity index (χ3v) is 3.98. The van der Waals surface area contributed by atoms with Gasteiger partial charge in [0.1, 0.15) is 5.00 Å². The minimum Gasteiger partial charge on any atom is -0.371 e. The number of anilines is 1. The first kappa shape index (κ1) is 13.9. The predicted molar refractivity (Wildman–Crippen MR) is 78.4 cm³/mol. The zero-order valence-electron chi connectivity index (χ0n) is 10.8. The Kier molecular flexibility index (Phi) is 3.55. The lowest BCUT2D eigenvalue weighted by Crippen LogP contribution is -2.11. The fraction of sp³-hybridized carbons (Fsp3) is 0.133. The fourth-order valence-corrected chi connectivity index (χ4v) is 2.90. The van der Waals surface area contributed by atoms with Crippen LogP contribution in [0.1, 0.15) is 11.1 Å². The van der Waals surface area contributed by atoms with Gasteiger partial charge in [-0.05, 0) is 35.3 Å². The molecule has 3 aromatic rings. The number of aromatic nitrogens is 1. The van der Waals surface area contributed by atoms with Crippen LogP contribution in [0.2, 0.25) is 0 Å². The van der Waals surface area contributed by atoms with E-state index in [9.17, 15) is 13.2 Å². The first-order chi connectivity index (χ1) is 10.1. The summed E-state index contributed by atoms with van der Waals surface area (Å²) in [4.78, 5) is 0. The van der Waals surface area contributed by atoms with Crippen LogP contribution >= 0.6 is 11.5 Å². The molecule has 21 heavy (non-hydrogen) atoms. The summed E-state index contributed by atoms with van der Waals surface area (Å²) in [5, 5.41) is 4.76. The molecule has 0 fully saturated rings. The quantitative estimate of drug-likeness (QED) is 0.742. The van der Waals surface area contributed by atoms with E-state index in [-0.39, 0.29) is 12.1 Å². The van der Waals surface area contributed by atoms with Gasteiger partial charge in [-0.3, -0.25) is 0 Å². The zero-order chi connectivity index (χ0) is 14.9. The van der Waals surface area contributed by atoms with Crippen molar-refractivity contribution in [2.45, 2.75) is 12.7 Å². The molecule has 6 heteroatoms. The van der Waals surface area contributed by atoms with Crippen LogP contribution in [0.25, 0.3) is 10.9 Å². The topological polar surface area (TPSA) is 24.9 Å². The molecule has 3 rings (SSSR count). The Morgan fingerprint density at radius 3 is 2.52 bits per heavy atom. The molecule has 0 unspecified atom stereocenters. The maximum Gasteiger partial charge on any atom is 0.416 e. The first-order valence-electron chi connectivity index (χ1n) is 6.29. The Morgan fingerprint density at radius 2 is 1.71 bits per heavy atom. The van der Waals surface area contributed by atoms with Crippen LogP contribution in [0.4, 0.5) is 18.2 Å². The summed E-state index contributed by atoms with van der Waals surface area (Å²) < 4.78 is 43.0. The third-order valence-electron chi connectivity index (χ3n) is 3.15. The van der Waals surface area contributed by atoms with Crippen LogP contribution in [0.3, 0.4) is 0 Å². The molecule has 2 nitrogen and oxygen atoms in total. The number of nitrogens with zero attached hydrogens (tertiary/aromatic N) is 1. The van der Waals surface area contributed by atoms with Crippen molar-refractivity contribution in [1.82, 2.24) is 4.37 Å². The Labute approximate surface area is 123 Å². The number of rotatable bonds is 3. The highest BCUT2D eigenvalue weighted by Crippen LogP contribution is 2.33. The average molecular weight is 308 g/mol. The second-order valence-corrected chi connectivity index (χ2v) is 5.31. The molecule has 2 aromatic carbocycles. The molecule has 1 N–H and O–H groups in total. The lowest BCUT2D eigenvalue weighted by molar-refractivity contribution is -0.138. The summed E-state index contributed by atoms with van der Waals surface area (Å²) in [7, 11) is 0. The molecule has 0 radical (unpaired) electrons. The number of alkyl halides is 3. The van der Waals surface area contributed by atoms with Crippen LogP contribution < -0.4 is 5.32 Å². The molecule has 0 bridgehead atoms. The lowest BCUT2D eigenvalue weighted by atomic mass is 10.1. The molecule has 0 saturated carbocycles. The van der Waals surface area contributed by atoms with Gasteiger partial charge in [-0.1, -0.05) is 30.3 Å². The van der Waals surface area contributed by atoms with Gasteiger partial charge >= 0.3 is 6.18 Å². The minimum atomic E-state index is -4.34. The van der Waals surface area contributed by atoms with Crippen molar-refractivity contribution in [3.8, 4) is 0 Å². The summed E-state index contributed by atoms with van der Waals surface area (Å²) in [6, 6.07) is 13.1. The number of hydrogen-bond donors (Lipinski definition) is 1. The summed E-state index contributed by atoms with van der Waals surface area (Å²) in [5.41, 5.74) is 0.461. The van der Waals surface area contributed by atoms with Gasteiger partial charge in [-0.15, -0.1) is 0 Å². The molecular weight excluding hydrogens is 297 g/mol. The first-order valence-corrected chi connectivity index (χ1v) is 7.06. The maximum absolute atomic E-state index is 12.9. The Balaban J connectivity index is 1.86. The molecule has 0 aliphatic carbocycles. The highest BCUT2D eigenvalue weighted by atomic mass is 32.1. The van der Waals surface area contributed by atoms with Crippen molar-refractivity contribution in [1.29, 1.82) is 0 Å². The molecule has 0 atom stereocenters. The maximum atomic E-state index is 12.9. The Morgan fingerprint density at radius 1 is 1.00 bits per heavy atom. The van der Waals surface area contributed by atoms with Crippen molar-refractivity contribution in [2.75, 3.05) is 5.32 Å². The van der Waals surface area contributed by atoms with E-state index in [0.717, 1.165) is 22.0 Å². The van der Waals surface area contributed by atoms with E-state index in [0.29, 0.717) is 0 Å².